The van der Waals surface area contributed by atoms with E-state index in [1.54, 1.807) is 6.08 Å². The minimum Gasteiger partial charge on any atom is -0.463 e. The minimum absolute atomic E-state index is 0.264. The van der Waals surface area contributed by atoms with Crippen LogP contribution >= 0.6 is 0 Å². The molecule has 0 saturated heterocycles. The van der Waals surface area contributed by atoms with Gasteiger partial charge in [-0.15, -0.1) is 0 Å². The Kier molecular flexibility index (Phi) is 7.40. The molecule has 0 aromatic heterocycles. The summed E-state index contributed by atoms with van der Waals surface area (Å²) < 4.78 is 17.7. The van der Waals surface area contributed by atoms with Gasteiger partial charge in [0.15, 0.2) is 5.79 Å². The average Bonchev–Trinajstić information content (AvgIpc) is 2.74. The van der Waals surface area contributed by atoms with Crippen LogP contribution in [0.15, 0.2) is 72.3 Å². The van der Waals surface area contributed by atoms with Crippen molar-refractivity contribution in [2.75, 3.05) is 6.61 Å². The Morgan fingerprint density at radius 1 is 0.893 bits per heavy atom. The van der Waals surface area contributed by atoms with Crippen molar-refractivity contribution in [1.29, 1.82) is 0 Å². The molecule has 4 heteroatoms. The molecule has 28 heavy (non-hydrogen) atoms. The number of carbonyl (C=O) groups excluding carboxylic acids is 1. The van der Waals surface area contributed by atoms with Crippen molar-refractivity contribution in [3.8, 4) is 0 Å². The smallest absolute Gasteiger partial charge is 0.330 e. The molecule has 4 nitrogen and oxygen atoms in total. The first-order chi connectivity index (χ1) is 13.7. The first-order valence-corrected chi connectivity index (χ1v) is 9.91. The number of ether oxygens (including phenoxy) is 3. The summed E-state index contributed by atoms with van der Waals surface area (Å²) in [5, 5.41) is 0. The first kappa shape index (κ1) is 20.3. The maximum absolute atomic E-state index is 11.7. The van der Waals surface area contributed by atoms with E-state index >= 15 is 0 Å². The van der Waals surface area contributed by atoms with Crippen LogP contribution in [0.25, 0.3) is 0 Å². The Bertz CT molecular complexity index is 712. The molecule has 1 aliphatic rings. The Morgan fingerprint density at radius 2 is 1.39 bits per heavy atom. The number of esters is 1. The van der Waals surface area contributed by atoms with Crippen molar-refractivity contribution in [2.45, 2.75) is 51.6 Å². The van der Waals surface area contributed by atoms with Crippen molar-refractivity contribution >= 4 is 5.97 Å². The van der Waals surface area contributed by atoms with Crippen molar-refractivity contribution in [3.63, 3.8) is 0 Å². The summed E-state index contributed by atoms with van der Waals surface area (Å²) in [6.45, 7) is 3.23. The molecule has 2 aromatic rings. The number of carbonyl (C=O) groups is 1. The van der Waals surface area contributed by atoms with E-state index < -0.39 is 5.79 Å². The molecule has 0 amide bonds. The van der Waals surface area contributed by atoms with Crippen LogP contribution in [0.5, 0.6) is 0 Å². The standard InChI is InChI=1S/C24H28O4/c1-2-26-23(25)17-20-13-15-24(16-14-20,27-18-21-9-5-3-6-10-21)28-19-22-11-7-4-8-12-22/h3-12,17H,2,13-16,18-19H2,1H3. The molecular weight excluding hydrogens is 352 g/mol. The van der Waals surface area contributed by atoms with Gasteiger partial charge in [-0.05, 0) is 30.9 Å². The van der Waals surface area contributed by atoms with Gasteiger partial charge in [0, 0.05) is 18.9 Å². The van der Waals surface area contributed by atoms with E-state index in [1.807, 2.05) is 43.3 Å². The zero-order valence-corrected chi connectivity index (χ0v) is 16.4. The van der Waals surface area contributed by atoms with E-state index in [0.29, 0.717) is 19.8 Å². The van der Waals surface area contributed by atoms with E-state index in [0.717, 1.165) is 42.4 Å². The van der Waals surface area contributed by atoms with Crippen LogP contribution in [0.3, 0.4) is 0 Å². The molecule has 0 spiro atoms. The van der Waals surface area contributed by atoms with Crippen LogP contribution < -0.4 is 0 Å². The van der Waals surface area contributed by atoms with Gasteiger partial charge in [-0.25, -0.2) is 4.79 Å². The van der Waals surface area contributed by atoms with E-state index in [-0.39, 0.29) is 5.97 Å². The second-order valence-corrected chi connectivity index (χ2v) is 7.01. The molecule has 0 radical (unpaired) electrons. The summed E-state index contributed by atoms with van der Waals surface area (Å²) in [7, 11) is 0. The largest absolute Gasteiger partial charge is 0.463 e. The lowest BCUT2D eigenvalue weighted by atomic mass is 9.89. The molecule has 1 saturated carbocycles. The molecule has 0 unspecified atom stereocenters. The molecule has 1 aliphatic carbocycles. The van der Waals surface area contributed by atoms with Crippen molar-refractivity contribution in [1.82, 2.24) is 0 Å². The van der Waals surface area contributed by atoms with Gasteiger partial charge < -0.3 is 14.2 Å². The normalized spacial score (nSPS) is 15.8. The SMILES string of the molecule is CCOC(=O)C=C1CCC(OCc2ccccc2)(OCc2ccccc2)CC1. The average molecular weight is 380 g/mol. The molecule has 1 fully saturated rings. The molecule has 148 valence electrons. The van der Waals surface area contributed by atoms with Crippen LogP contribution in [0.4, 0.5) is 0 Å². The Hall–Kier alpha value is -2.43. The fourth-order valence-electron chi connectivity index (χ4n) is 3.36. The van der Waals surface area contributed by atoms with Crippen LogP contribution in [0.2, 0.25) is 0 Å². The zero-order chi connectivity index (χ0) is 19.7. The van der Waals surface area contributed by atoms with Gasteiger partial charge in [-0.1, -0.05) is 66.2 Å². The minimum atomic E-state index is -0.641. The van der Waals surface area contributed by atoms with E-state index in [1.165, 1.54) is 0 Å². The molecule has 0 N–H and O–H groups in total. The summed E-state index contributed by atoms with van der Waals surface area (Å²) in [5.41, 5.74) is 3.34. The van der Waals surface area contributed by atoms with E-state index in [2.05, 4.69) is 24.3 Å². The van der Waals surface area contributed by atoms with Gasteiger partial charge in [0.2, 0.25) is 0 Å². The summed E-state index contributed by atoms with van der Waals surface area (Å²) in [5.74, 6) is -0.905. The molecule has 0 bridgehead atoms. The van der Waals surface area contributed by atoms with E-state index in [4.69, 9.17) is 14.2 Å². The third kappa shape index (κ3) is 6.04. The number of hydrogen-bond acceptors (Lipinski definition) is 4. The van der Waals surface area contributed by atoms with Gasteiger partial charge in [-0.3, -0.25) is 0 Å². The highest BCUT2D eigenvalue weighted by Crippen LogP contribution is 2.37. The van der Waals surface area contributed by atoms with Crippen molar-refractivity contribution in [2.24, 2.45) is 0 Å². The molecule has 3 rings (SSSR count). The van der Waals surface area contributed by atoms with Gasteiger partial charge in [0.05, 0.1) is 19.8 Å². The fourth-order valence-corrected chi connectivity index (χ4v) is 3.36. The molecule has 0 heterocycles. The summed E-state index contributed by atoms with van der Waals surface area (Å²) in [6.07, 6.45) is 4.60. The van der Waals surface area contributed by atoms with Crippen LogP contribution in [-0.2, 0) is 32.2 Å². The summed E-state index contributed by atoms with van der Waals surface area (Å²) in [4.78, 5) is 11.7. The molecule has 0 aliphatic heterocycles. The zero-order valence-electron chi connectivity index (χ0n) is 16.4. The van der Waals surface area contributed by atoms with Gasteiger partial charge in [0.1, 0.15) is 0 Å². The monoisotopic (exact) mass is 380 g/mol. The molecular formula is C24H28O4. The highest BCUT2D eigenvalue weighted by atomic mass is 16.7. The van der Waals surface area contributed by atoms with Crippen LogP contribution in [0.1, 0.15) is 43.7 Å². The van der Waals surface area contributed by atoms with Crippen LogP contribution in [0, 0.1) is 0 Å². The maximum atomic E-state index is 11.7. The highest BCUT2D eigenvalue weighted by molar-refractivity contribution is 5.82. The summed E-state index contributed by atoms with van der Waals surface area (Å²) in [6, 6.07) is 20.3. The predicted molar refractivity (Wildman–Crippen MR) is 108 cm³/mol. The predicted octanol–water partition coefficient (Wildman–Crippen LogP) is 5.18. The third-order valence-corrected chi connectivity index (χ3v) is 4.95. The topological polar surface area (TPSA) is 44.8 Å². The highest BCUT2D eigenvalue weighted by Gasteiger charge is 2.36. The summed E-state index contributed by atoms with van der Waals surface area (Å²) >= 11 is 0. The maximum Gasteiger partial charge on any atom is 0.330 e. The number of allylic oxidation sites excluding steroid dienone is 1. The second kappa shape index (κ2) is 10.2. The van der Waals surface area contributed by atoms with Crippen molar-refractivity contribution < 1.29 is 19.0 Å². The quantitative estimate of drug-likeness (QED) is 0.360. The van der Waals surface area contributed by atoms with Gasteiger partial charge >= 0.3 is 5.97 Å². The van der Waals surface area contributed by atoms with E-state index in [9.17, 15) is 4.79 Å². The molecule has 0 atom stereocenters. The lowest BCUT2D eigenvalue weighted by Crippen LogP contribution is -2.38. The van der Waals surface area contributed by atoms with Gasteiger partial charge in [-0.2, -0.15) is 0 Å². The third-order valence-electron chi connectivity index (χ3n) is 4.95. The molecule has 2 aromatic carbocycles. The fraction of sp³-hybridized carbons (Fsp3) is 0.375. The number of rotatable bonds is 8. The Morgan fingerprint density at radius 3 is 1.86 bits per heavy atom. The lowest BCUT2D eigenvalue weighted by Gasteiger charge is -2.38. The number of benzene rings is 2. The Labute approximate surface area is 167 Å². The second-order valence-electron chi connectivity index (χ2n) is 7.01. The number of hydrogen-bond donors (Lipinski definition) is 0. The van der Waals surface area contributed by atoms with Gasteiger partial charge in [0.25, 0.3) is 0 Å². The van der Waals surface area contributed by atoms with Crippen molar-refractivity contribution in [3.05, 3.63) is 83.4 Å². The lowest BCUT2D eigenvalue weighted by molar-refractivity contribution is -0.261. The Balaban J connectivity index is 1.65. The first-order valence-electron chi connectivity index (χ1n) is 9.91. The van der Waals surface area contributed by atoms with Crippen LogP contribution in [-0.4, -0.2) is 18.4 Å².